The maximum Gasteiger partial charge on any atom is 0.395 e. The summed E-state index contributed by atoms with van der Waals surface area (Å²) in [6.07, 6.45) is 2.73. The number of ether oxygens (including phenoxy) is 1. The highest BCUT2D eigenvalue weighted by Gasteiger charge is 2.37. The Bertz CT molecular complexity index is 1210. The molecule has 1 N–H and O–H groups in total. The summed E-state index contributed by atoms with van der Waals surface area (Å²) < 4.78 is 45.9. The number of allylic oxidation sites excluding steroid dienone is 4. The number of aliphatic carboxylic acids is 1. The van der Waals surface area contributed by atoms with Crippen LogP contribution < -0.4 is 4.74 Å². The van der Waals surface area contributed by atoms with E-state index in [0.29, 0.717) is 12.3 Å². The van der Waals surface area contributed by atoms with Crippen molar-refractivity contribution >= 4 is 33.8 Å². The van der Waals surface area contributed by atoms with Crippen LogP contribution in [0, 0.1) is 12.8 Å². The molecule has 5 nitrogen and oxygen atoms in total. The van der Waals surface area contributed by atoms with Crippen LogP contribution in [-0.4, -0.2) is 33.4 Å². The maximum atomic E-state index is 12.9. The van der Waals surface area contributed by atoms with Crippen LogP contribution in [0.1, 0.15) is 22.0 Å². The lowest BCUT2D eigenvalue weighted by atomic mass is 9.96. The van der Waals surface area contributed by atoms with E-state index >= 15 is 0 Å². The Hall–Kier alpha value is -3.07. The number of hydrogen-bond donors (Lipinski definition) is 1. The number of fused-ring (bicyclic) bond motifs is 1. The van der Waals surface area contributed by atoms with Gasteiger partial charge in [0.1, 0.15) is 10.8 Å². The summed E-state index contributed by atoms with van der Waals surface area (Å²) in [5.74, 6) is -1.98. The van der Waals surface area contributed by atoms with Gasteiger partial charge in [-0.1, -0.05) is 18.2 Å². The Morgan fingerprint density at radius 3 is 2.84 bits per heavy atom. The quantitative estimate of drug-likeness (QED) is 0.494. The van der Waals surface area contributed by atoms with Gasteiger partial charge in [-0.25, -0.2) is 9.78 Å². The summed E-state index contributed by atoms with van der Waals surface area (Å²) >= 11 is 1.50. The van der Waals surface area contributed by atoms with Crippen LogP contribution in [0.15, 0.2) is 48.7 Å². The van der Waals surface area contributed by atoms with Gasteiger partial charge in [-0.2, -0.15) is 13.2 Å². The van der Waals surface area contributed by atoms with E-state index < -0.39 is 24.7 Å². The van der Waals surface area contributed by atoms with Crippen LogP contribution >= 0.6 is 11.3 Å². The van der Waals surface area contributed by atoms with Crippen molar-refractivity contribution in [2.45, 2.75) is 32.5 Å². The van der Waals surface area contributed by atoms with Crippen LogP contribution in [0.5, 0.6) is 5.75 Å². The Kier molecular flexibility index (Phi) is 6.10. The van der Waals surface area contributed by atoms with Crippen molar-refractivity contribution in [3.63, 3.8) is 0 Å². The van der Waals surface area contributed by atoms with Crippen molar-refractivity contribution in [2.24, 2.45) is 5.92 Å². The van der Waals surface area contributed by atoms with Crippen LogP contribution in [0.2, 0.25) is 0 Å². The normalized spacial score (nSPS) is 16.4. The molecule has 2 heterocycles. The van der Waals surface area contributed by atoms with Crippen LogP contribution in [0.4, 0.5) is 13.2 Å². The fourth-order valence-corrected chi connectivity index (χ4v) is 4.69. The molecule has 1 atom stereocenters. The molecule has 0 fully saturated rings. The number of carboxylic acid groups (broad SMARTS) is 1. The summed E-state index contributed by atoms with van der Waals surface area (Å²) in [4.78, 5) is 16.4. The van der Waals surface area contributed by atoms with Crippen molar-refractivity contribution in [1.29, 1.82) is 0 Å². The number of aromatic nitrogens is 2. The molecule has 0 radical (unpaired) electrons. The van der Waals surface area contributed by atoms with Crippen LogP contribution in [0.25, 0.3) is 16.5 Å². The zero-order valence-electron chi connectivity index (χ0n) is 17.2. The van der Waals surface area contributed by atoms with E-state index in [2.05, 4.69) is 9.55 Å². The Labute approximate surface area is 186 Å². The minimum Gasteiger partial charge on any atom is -0.482 e. The summed E-state index contributed by atoms with van der Waals surface area (Å²) in [5.41, 5.74) is 2.54. The molecule has 0 saturated carbocycles. The lowest BCUT2D eigenvalue weighted by molar-refractivity contribution is -0.160. The van der Waals surface area contributed by atoms with E-state index in [1.807, 2.05) is 31.3 Å². The topological polar surface area (TPSA) is 64.4 Å². The molecule has 168 valence electrons. The van der Waals surface area contributed by atoms with Crippen LogP contribution in [-0.2, 0) is 17.8 Å². The number of alkyl halides is 3. The first-order chi connectivity index (χ1) is 15.2. The second-order valence-corrected chi connectivity index (χ2v) is 8.68. The average molecular weight is 462 g/mol. The summed E-state index contributed by atoms with van der Waals surface area (Å²) in [6, 6.07) is 7.42. The zero-order chi connectivity index (χ0) is 22.9. The van der Waals surface area contributed by atoms with Crippen molar-refractivity contribution in [3.8, 4) is 5.75 Å². The number of halogens is 3. The Balaban J connectivity index is 1.46. The minimum atomic E-state index is -4.22. The Morgan fingerprint density at radius 1 is 1.34 bits per heavy atom. The first-order valence-corrected chi connectivity index (χ1v) is 10.9. The monoisotopic (exact) mass is 462 g/mol. The van der Waals surface area contributed by atoms with Gasteiger partial charge in [-0.3, -0.25) is 0 Å². The number of carbonyl (C=O) groups is 1. The largest absolute Gasteiger partial charge is 0.482 e. The third-order valence-corrected chi connectivity index (χ3v) is 6.61. The van der Waals surface area contributed by atoms with E-state index in [4.69, 9.17) is 9.84 Å². The number of rotatable bonds is 7. The molecule has 1 unspecified atom stereocenters. The standard InChI is InChI=1S/C23H21F3N2O3S/c1-14-20(32-22(27-14)16-2-5-17(6-3-16)23(24,25)26)9-11-28-10-8-15-4-7-18(12-19(15)28)31-13-21(29)30/h2-5,7-8,10,12,17H,6,9,11,13H2,1H3,(H,29,30). The molecule has 0 saturated heterocycles. The lowest BCUT2D eigenvalue weighted by Gasteiger charge is -2.18. The number of hydrogen-bond acceptors (Lipinski definition) is 4. The second-order valence-electron chi connectivity index (χ2n) is 7.59. The van der Waals surface area contributed by atoms with Crippen molar-refractivity contribution in [2.75, 3.05) is 6.61 Å². The number of thiazole rings is 1. The molecule has 1 aliphatic carbocycles. The van der Waals surface area contributed by atoms with Crippen molar-refractivity contribution < 1.29 is 27.8 Å². The zero-order valence-corrected chi connectivity index (χ0v) is 18.0. The molecule has 0 bridgehead atoms. The molecule has 3 aromatic rings. The third kappa shape index (κ3) is 4.88. The van der Waals surface area contributed by atoms with Gasteiger partial charge in [0.05, 0.1) is 17.1 Å². The first-order valence-electron chi connectivity index (χ1n) is 10.1. The summed E-state index contributed by atoms with van der Waals surface area (Å²) in [5, 5.41) is 10.5. The smallest absolute Gasteiger partial charge is 0.395 e. The van der Waals surface area contributed by atoms with Gasteiger partial charge in [0.25, 0.3) is 0 Å². The molecule has 1 aromatic carbocycles. The molecule has 0 aliphatic heterocycles. The summed E-state index contributed by atoms with van der Waals surface area (Å²) in [6.45, 7) is 2.19. The van der Waals surface area contributed by atoms with E-state index in [-0.39, 0.29) is 6.42 Å². The molecule has 0 spiro atoms. The SMILES string of the molecule is Cc1nc(C2=CCC(C(F)(F)F)C=C2)sc1CCn1ccc2ccc(OCC(=O)O)cc21. The predicted octanol–water partition coefficient (Wildman–Crippen LogP) is 5.63. The Morgan fingerprint density at radius 2 is 2.16 bits per heavy atom. The van der Waals surface area contributed by atoms with E-state index in [1.54, 1.807) is 12.1 Å². The van der Waals surface area contributed by atoms with Gasteiger partial charge in [0.15, 0.2) is 6.61 Å². The number of carboxylic acids is 1. The van der Waals surface area contributed by atoms with Crippen molar-refractivity contribution in [1.82, 2.24) is 9.55 Å². The van der Waals surface area contributed by atoms with Gasteiger partial charge in [0, 0.05) is 35.7 Å². The van der Waals surface area contributed by atoms with Gasteiger partial charge >= 0.3 is 12.1 Å². The highest BCUT2D eigenvalue weighted by Crippen LogP contribution is 2.36. The van der Waals surface area contributed by atoms with E-state index in [0.717, 1.165) is 38.5 Å². The molecule has 1 aliphatic rings. The van der Waals surface area contributed by atoms with Crippen molar-refractivity contribution in [3.05, 3.63) is 64.3 Å². The van der Waals surface area contributed by atoms with E-state index in [1.165, 1.54) is 23.5 Å². The number of nitrogens with zero attached hydrogens (tertiary/aromatic N) is 2. The lowest BCUT2D eigenvalue weighted by Crippen LogP contribution is -2.21. The molecule has 0 amide bonds. The highest BCUT2D eigenvalue weighted by atomic mass is 32.1. The second kappa shape index (κ2) is 8.82. The van der Waals surface area contributed by atoms with Gasteiger partial charge in [-0.05, 0) is 36.9 Å². The molecular formula is C23H21F3N2O3S. The molecular weight excluding hydrogens is 441 g/mol. The highest BCUT2D eigenvalue weighted by molar-refractivity contribution is 7.12. The average Bonchev–Trinajstić information content (AvgIpc) is 3.33. The predicted molar refractivity (Wildman–Crippen MR) is 117 cm³/mol. The van der Waals surface area contributed by atoms with Gasteiger partial charge < -0.3 is 14.4 Å². The molecule has 4 rings (SSSR count). The third-order valence-electron chi connectivity index (χ3n) is 5.35. The molecule has 2 aromatic heterocycles. The number of aryl methyl sites for hydroxylation is 3. The fraction of sp³-hybridized carbons (Fsp3) is 0.304. The van der Waals surface area contributed by atoms with Gasteiger partial charge in [-0.15, -0.1) is 11.3 Å². The molecule has 9 heteroatoms. The molecule has 32 heavy (non-hydrogen) atoms. The minimum absolute atomic E-state index is 0.0646. The first kappa shape index (κ1) is 22.1. The maximum absolute atomic E-state index is 12.9. The number of benzene rings is 1. The van der Waals surface area contributed by atoms with Crippen LogP contribution in [0.3, 0.4) is 0 Å². The van der Waals surface area contributed by atoms with E-state index in [9.17, 15) is 18.0 Å². The fourth-order valence-electron chi connectivity index (χ4n) is 3.62. The van der Waals surface area contributed by atoms with Gasteiger partial charge in [0.2, 0.25) is 0 Å². The summed E-state index contributed by atoms with van der Waals surface area (Å²) in [7, 11) is 0.